The zero-order valence-electron chi connectivity index (χ0n) is 12.3. The Balaban J connectivity index is 3.05. The molecule has 0 spiro atoms. The molecular formula is C16H33FO. The van der Waals surface area contributed by atoms with Crippen molar-refractivity contribution >= 4 is 0 Å². The lowest BCUT2D eigenvalue weighted by molar-refractivity contribution is 0.251. The van der Waals surface area contributed by atoms with Crippen LogP contribution in [0.4, 0.5) is 4.39 Å². The fourth-order valence-corrected chi connectivity index (χ4v) is 2.30. The largest absolute Gasteiger partial charge is 0.396 e. The summed E-state index contributed by atoms with van der Waals surface area (Å²) in [5, 5.41) is 8.61. The Kier molecular flexibility index (Phi) is 14.9. The highest BCUT2D eigenvalue weighted by molar-refractivity contribution is 4.57. The molecular weight excluding hydrogens is 227 g/mol. The Morgan fingerprint density at radius 1 is 0.722 bits per heavy atom. The smallest absolute Gasteiger partial charge is 0.100 e. The van der Waals surface area contributed by atoms with Gasteiger partial charge in [-0.05, 0) is 25.7 Å². The Bertz CT molecular complexity index is 150. The van der Waals surface area contributed by atoms with Crippen LogP contribution in [0.2, 0.25) is 0 Å². The summed E-state index contributed by atoms with van der Waals surface area (Å²) in [5.74, 6) is 0. The van der Waals surface area contributed by atoms with Gasteiger partial charge >= 0.3 is 0 Å². The Hall–Kier alpha value is -0.110. The van der Waals surface area contributed by atoms with Crippen LogP contribution >= 0.6 is 0 Å². The van der Waals surface area contributed by atoms with E-state index in [4.69, 9.17) is 5.11 Å². The van der Waals surface area contributed by atoms with Crippen molar-refractivity contribution in [1.29, 1.82) is 0 Å². The van der Waals surface area contributed by atoms with E-state index < -0.39 is 6.17 Å². The molecule has 18 heavy (non-hydrogen) atoms. The van der Waals surface area contributed by atoms with Crippen molar-refractivity contribution in [2.75, 3.05) is 6.61 Å². The molecule has 0 unspecified atom stereocenters. The van der Waals surface area contributed by atoms with Crippen LogP contribution in [0.15, 0.2) is 0 Å². The number of hydrogen-bond acceptors (Lipinski definition) is 1. The summed E-state index contributed by atoms with van der Waals surface area (Å²) in [7, 11) is 0. The van der Waals surface area contributed by atoms with Crippen LogP contribution in [0.1, 0.15) is 90.4 Å². The number of aliphatic hydroxyl groups is 1. The van der Waals surface area contributed by atoms with Gasteiger partial charge in [0, 0.05) is 6.61 Å². The standard InChI is InChI=1S/C16H33FO/c1-2-3-4-5-6-7-8-9-10-13-16(17)14-11-12-15-18/h16,18H,2-15H2,1H3/t16-/m0/s1. The predicted octanol–water partition coefficient (Wildman–Crippen LogP) is 5.41. The Morgan fingerprint density at radius 2 is 1.17 bits per heavy atom. The second-order valence-corrected chi connectivity index (χ2v) is 5.43. The fraction of sp³-hybridized carbons (Fsp3) is 1.00. The van der Waals surface area contributed by atoms with Crippen molar-refractivity contribution in [3.8, 4) is 0 Å². The minimum atomic E-state index is -0.638. The molecule has 0 aliphatic heterocycles. The second-order valence-electron chi connectivity index (χ2n) is 5.43. The van der Waals surface area contributed by atoms with E-state index in [2.05, 4.69) is 6.92 Å². The summed E-state index contributed by atoms with van der Waals surface area (Å²) >= 11 is 0. The summed E-state index contributed by atoms with van der Waals surface area (Å²) in [6.45, 7) is 2.44. The van der Waals surface area contributed by atoms with Gasteiger partial charge in [-0.1, -0.05) is 64.7 Å². The van der Waals surface area contributed by atoms with E-state index in [1.807, 2.05) is 0 Å². The van der Waals surface area contributed by atoms with Crippen molar-refractivity contribution in [1.82, 2.24) is 0 Å². The Labute approximate surface area is 113 Å². The highest BCUT2D eigenvalue weighted by Crippen LogP contribution is 2.15. The molecule has 0 aliphatic rings. The molecule has 0 bridgehead atoms. The first-order chi connectivity index (χ1) is 8.81. The highest BCUT2D eigenvalue weighted by atomic mass is 19.1. The van der Waals surface area contributed by atoms with Crippen molar-refractivity contribution < 1.29 is 9.50 Å². The topological polar surface area (TPSA) is 20.2 Å². The van der Waals surface area contributed by atoms with Crippen LogP contribution in [-0.4, -0.2) is 17.9 Å². The van der Waals surface area contributed by atoms with Crippen LogP contribution in [0.25, 0.3) is 0 Å². The number of aliphatic hydroxyl groups excluding tert-OH is 1. The molecule has 0 aromatic heterocycles. The lowest BCUT2D eigenvalue weighted by Crippen LogP contribution is -2.00. The van der Waals surface area contributed by atoms with Gasteiger partial charge in [0.05, 0.1) is 0 Å². The van der Waals surface area contributed by atoms with Crippen LogP contribution in [-0.2, 0) is 0 Å². The third kappa shape index (κ3) is 14.0. The van der Waals surface area contributed by atoms with E-state index in [1.54, 1.807) is 0 Å². The maximum Gasteiger partial charge on any atom is 0.100 e. The monoisotopic (exact) mass is 260 g/mol. The maximum atomic E-state index is 13.4. The molecule has 1 nitrogen and oxygen atoms in total. The van der Waals surface area contributed by atoms with Crippen LogP contribution in [0, 0.1) is 0 Å². The SMILES string of the molecule is CCCCCCCCCCC[C@H](F)CCCCO. The first-order valence-corrected chi connectivity index (χ1v) is 8.06. The molecule has 0 rings (SSSR count). The third-order valence-corrected chi connectivity index (χ3v) is 3.55. The molecule has 1 N–H and O–H groups in total. The summed E-state index contributed by atoms with van der Waals surface area (Å²) < 4.78 is 13.4. The van der Waals surface area contributed by atoms with Gasteiger partial charge in [0.25, 0.3) is 0 Å². The molecule has 1 atom stereocenters. The third-order valence-electron chi connectivity index (χ3n) is 3.55. The van der Waals surface area contributed by atoms with E-state index in [9.17, 15) is 4.39 Å². The van der Waals surface area contributed by atoms with Gasteiger partial charge < -0.3 is 5.11 Å². The number of rotatable bonds is 14. The fourth-order valence-electron chi connectivity index (χ4n) is 2.30. The molecule has 0 aliphatic carbocycles. The van der Waals surface area contributed by atoms with Gasteiger partial charge in [0.2, 0.25) is 0 Å². The molecule has 0 amide bonds. The number of unbranched alkanes of at least 4 members (excludes halogenated alkanes) is 9. The molecule has 0 fully saturated rings. The second kappa shape index (κ2) is 14.9. The molecule has 110 valence electrons. The lowest BCUT2D eigenvalue weighted by atomic mass is 10.0. The van der Waals surface area contributed by atoms with Crippen LogP contribution in [0.5, 0.6) is 0 Å². The van der Waals surface area contributed by atoms with Crippen molar-refractivity contribution in [3.63, 3.8) is 0 Å². The first kappa shape index (κ1) is 17.9. The van der Waals surface area contributed by atoms with Crippen LogP contribution < -0.4 is 0 Å². The molecule has 0 saturated carbocycles. The molecule has 0 radical (unpaired) electrons. The Morgan fingerprint density at radius 3 is 1.67 bits per heavy atom. The summed E-state index contributed by atoms with van der Waals surface area (Å²) in [6, 6.07) is 0. The number of alkyl halides is 1. The van der Waals surface area contributed by atoms with Gasteiger partial charge in [0.15, 0.2) is 0 Å². The molecule has 0 heterocycles. The normalized spacial score (nSPS) is 12.8. The first-order valence-electron chi connectivity index (χ1n) is 8.06. The zero-order valence-corrected chi connectivity index (χ0v) is 12.3. The van der Waals surface area contributed by atoms with Crippen molar-refractivity contribution in [2.24, 2.45) is 0 Å². The predicted molar refractivity (Wildman–Crippen MR) is 77.7 cm³/mol. The van der Waals surface area contributed by atoms with E-state index in [1.165, 1.54) is 51.4 Å². The van der Waals surface area contributed by atoms with Gasteiger partial charge in [-0.25, -0.2) is 4.39 Å². The zero-order chi connectivity index (χ0) is 13.5. The number of hydrogen-bond donors (Lipinski definition) is 1. The van der Waals surface area contributed by atoms with Crippen LogP contribution in [0.3, 0.4) is 0 Å². The molecule has 2 heteroatoms. The minimum absolute atomic E-state index is 0.199. The maximum absolute atomic E-state index is 13.4. The summed E-state index contributed by atoms with van der Waals surface area (Å²) in [6.07, 6.45) is 13.9. The van der Waals surface area contributed by atoms with Gasteiger partial charge in [-0.2, -0.15) is 0 Å². The summed E-state index contributed by atoms with van der Waals surface area (Å²) in [5.41, 5.74) is 0. The van der Waals surface area contributed by atoms with Gasteiger partial charge in [-0.15, -0.1) is 0 Å². The lowest BCUT2D eigenvalue weighted by Gasteiger charge is -2.07. The van der Waals surface area contributed by atoms with Crippen molar-refractivity contribution in [3.05, 3.63) is 0 Å². The van der Waals surface area contributed by atoms with Gasteiger partial charge in [0.1, 0.15) is 6.17 Å². The van der Waals surface area contributed by atoms with Crippen molar-refractivity contribution in [2.45, 2.75) is 96.6 Å². The quantitative estimate of drug-likeness (QED) is 0.414. The van der Waals surface area contributed by atoms with E-state index in [0.717, 1.165) is 25.7 Å². The number of halogens is 1. The molecule has 0 aromatic carbocycles. The molecule has 0 saturated heterocycles. The summed E-state index contributed by atoms with van der Waals surface area (Å²) in [4.78, 5) is 0. The average molecular weight is 260 g/mol. The molecule has 0 aromatic rings. The average Bonchev–Trinajstić information content (AvgIpc) is 2.37. The minimum Gasteiger partial charge on any atom is -0.396 e. The van der Waals surface area contributed by atoms with E-state index >= 15 is 0 Å². The van der Waals surface area contributed by atoms with Gasteiger partial charge in [-0.3, -0.25) is 0 Å². The van der Waals surface area contributed by atoms with E-state index in [-0.39, 0.29) is 6.61 Å². The van der Waals surface area contributed by atoms with E-state index in [0.29, 0.717) is 6.42 Å². The highest BCUT2D eigenvalue weighted by Gasteiger charge is 2.05.